The van der Waals surface area contributed by atoms with Gasteiger partial charge < -0.3 is 9.47 Å². The van der Waals surface area contributed by atoms with Crippen molar-refractivity contribution in [3.63, 3.8) is 0 Å². The summed E-state index contributed by atoms with van der Waals surface area (Å²) in [5.74, 6) is 0.605. The molecule has 1 heterocycles. The van der Waals surface area contributed by atoms with Gasteiger partial charge in [-0.1, -0.05) is 6.07 Å². The summed E-state index contributed by atoms with van der Waals surface area (Å²) in [6.07, 6.45) is -4.29. The Balaban J connectivity index is 2.55. The summed E-state index contributed by atoms with van der Waals surface area (Å²) in [4.78, 5) is 0. The third-order valence-electron chi connectivity index (χ3n) is 3.71. The fourth-order valence-corrected chi connectivity index (χ4v) is 2.31. The zero-order chi connectivity index (χ0) is 13.6. The van der Waals surface area contributed by atoms with Crippen molar-refractivity contribution in [3.8, 4) is 5.75 Å². The fourth-order valence-electron chi connectivity index (χ4n) is 2.31. The summed E-state index contributed by atoms with van der Waals surface area (Å²) >= 11 is 0. The highest BCUT2D eigenvalue weighted by Crippen LogP contribution is 2.48. The standard InChI is InChI=1S/C13H15F3O2/c1-8-9(2)11(17-3)5-4-10(8)12(6-18-7-12)13(14,15)16/h4-5H,6-7H2,1-3H3. The van der Waals surface area contributed by atoms with Crippen LogP contribution in [0.15, 0.2) is 12.1 Å². The maximum Gasteiger partial charge on any atom is 0.402 e. The van der Waals surface area contributed by atoms with Gasteiger partial charge in [-0.25, -0.2) is 0 Å². The molecular formula is C13H15F3O2. The number of halogens is 3. The van der Waals surface area contributed by atoms with Gasteiger partial charge in [0.15, 0.2) is 0 Å². The molecule has 0 radical (unpaired) electrons. The molecular weight excluding hydrogens is 245 g/mol. The van der Waals surface area contributed by atoms with Crippen molar-refractivity contribution in [3.05, 3.63) is 28.8 Å². The molecule has 1 aliphatic rings. The molecule has 1 aromatic rings. The van der Waals surface area contributed by atoms with Crippen LogP contribution in [0.5, 0.6) is 5.75 Å². The second kappa shape index (κ2) is 4.16. The van der Waals surface area contributed by atoms with Crippen LogP contribution in [-0.4, -0.2) is 26.5 Å². The lowest BCUT2D eigenvalue weighted by Crippen LogP contribution is -2.57. The van der Waals surface area contributed by atoms with Crippen molar-refractivity contribution >= 4 is 0 Å². The van der Waals surface area contributed by atoms with E-state index in [1.807, 2.05) is 0 Å². The smallest absolute Gasteiger partial charge is 0.402 e. The van der Waals surface area contributed by atoms with Crippen molar-refractivity contribution in [2.75, 3.05) is 20.3 Å². The average Bonchev–Trinajstić information content (AvgIpc) is 2.21. The van der Waals surface area contributed by atoms with E-state index in [1.54, 1.807) is 19.9 Å². The molecule has 1 aliphatic heterocycles. The number of hydrogen-bond donors (Lipinski definition) is 0. The van der Waals surface area contributed by atoms with Gasteiger partial charge in [0, 0.05) is 0 Å². The Morgan fingerprint density at radius 2 is 1.78 bits per heavy atom. The molecule has 0 unspecified atom stereocenters. The van der Waals surface area contributed by atoms with E-state index < -0.39 is 11.6 Å². The molecule has 0 aliphatic carbocycles. The van der Waals surface area contributed by atoms with E-state index >= 15 is 0 Å². The van der Waals surface area contributed by atoms with Gasteiger partial charge >= 0.3 is 6.18 Å². The van der Waals surface area contributed by atoms with Gasteiger partial charge in [0.1, 0.15) is 11.2 Å². The molecule has 0 saturated carbocycles. The van der Waals surface area contributed by atoms with E-state index in [-0.39, 0.29) is 13.2 Å². The zero-order valence-corrected chi connectivity index (χ0v) is 10.5. The first-order valence-electron chi connectivity index (χ1n) is 5.62. The normalized spacial score (nSPS) is 18.3. The Bertz CT molecular complexity index is 462. The number of methoxy groups -OCH3 is 1. The van der Waals surface area contributed by atoms with Crippen LogP contribution in [0.25, 0.3) is 0 Å². The summed E-state index contributed by atoms with van der Waals surface area (Å²) in [5, 5.41) is 0. The molecule has 0 spiro atoms. The minimum Gasteiger partial charge on any atom is -0.496 e. The van der Waals surface area contributed by atoms with Gasteiger partial charge in [-0.05, 0) is 36.6 Å². The topological polar surface area (TPSA) is 18.5 Å². The first-order valence-corrected chi connectivity index (χ1v) is 5.62. The maximum absolute atomic E-state index is 13.2. The lowest BCUT2D eigenvalue weighted by molar-refractivity contribution is -0.262. The summed E-state index contributed by atoms with van der Waals surface area (Å²) in [7, 11) is 1.51. The zero-order valence-electron chi connectivity index (χ0n) is 10.5. The highest BCUT2D eigenvalue weighted by atomic mass is 19.4. The van der Waals surface area contributed by atoms with Crippen molar-refractivity contribution in [2.24, 2.45) is 0 Å². The minimum atomic E-state index is -4.29. The van der Waals surface area contributed by atoms with E-state index in [0.29, 0.717) is 16.9 Å². The lowest BCUT2D eigenvalue weighted by Gasteiger charge is -2.44. The molecule has 0 N–H and O–H groups in total. The first-order chi connectivity index (χ1) is 8.33. The van der Waals surface area contributed by atoms with Crippen molar-refractivity contribution in [1.82, 2.24) is 0 Å². The van der Waals surface area contributed by atoms with Crippen molar-refractivity contribution in [1.29, 1.82) is 0 Å². The molecule has 2 rings (SSSR count). The van der Waals surface area contributed by atoms with Crippen molar-refractivity contribution < 1.29 is 22.6 Å². The Morgan fingerprint density at radius 3 is 2.17 bits per heavy atom. The minimum absolute atomic E-state index is 0.291. The fraction of sp³-hybridized carbons (Fsp3) is 0.538. The Hall–Kier alpha value is -1.23. The summed E-state index contributed by atoms with van der Waals surface area (Å²) in [6, 6.07) is 3.08. The summed E-state index contributed by atoms with van der Waals surface area (Å²) in [5.41, 5.74) is -0.200. The second-order valence-electron chi connectivity index (χ2n) is 4.64. The molecule has 2 nitrogen and oxygen atoms in total. The van der Waals surface area contributed by atoms with Crippen LogP contribution in [0.2, 0.25) is 0 Å². The van der Waals surface area contributed by atoms with Crippen molar-refractivity contribution in [2.45, 2.75) is 25.4 Å². The van der Waals surface area contributed by atoms with Gasteiger partial charge in [0.2, 0.25) is 0 Å². The van der Waals surface area contributed by atoms with Gasteiger partial charge in [0.05, 0.1) is 20.3 Å². The van der Waals surface area contributed by atoms with Gasteiger partial charge in [-0.2, -0.15) is 13.2 Å². The summed E-state index contributed by atoms with van der Waals surface area (Å²) in [6.45, 7) is 2.85. The molecule has 0 aromatic heterocycles. The molecule has 5 heteroatoms. The summed E-state index contributed by atoms with van der Waals surface area (Å²) < 4.78 is 49.6. The predicted molar refractivity (Wildman–Crippen MR) is 61.0 cm³/mol. The van der Waals surface area contributed by atoms with Crippen LogP contribution in [0, 0.1) is 13.8 Å². The SMILES string of the molecule is COc1ccc(C2(C(F)(F)F)COC2)c(C)c1C. The van der Waals surface area contributed by atoms with Gasteiger partial charge in [-0.3, -0.25) is 0 Å². The van der Waals surface area contributed by atoms with Crippen LogP contribution in [-0.2, 0) is 10.2 Å². The molecule has 0 atom stereocenters. The number of ether oxygens (including phenoxy) is 2. The molecule has 1 saturated heterocycles. The third kappa shape index (κ3) is 1.68. The Labute approximate surface area is 104 Å². The van der Waals surface area contributed by atoms with E-state index in [4.69, 9.17) is 9.47 Å². The van der Waals surface area contributed by atoms with Crippen LogP contribution in [0.4, 0.5) is 13.2 Å². The second-order valence-corrected chi connectivity index (χ2v) is 4.64. The highest BCUT2D eigenvalue weighted by molar-refractivity contribution is 5.48. The first kappa shape index (κ1) is 13.2. The molecule has 0 amide bonds. The van der Waals surface area contributed by atoms with E-state index in [9.17, 15) is 13.2 Å². The lowest BCUT2D eigenvalue weighted by atomic mass is 9.75. The quantitative estimate of drug-likeness (QED) is 0.813. The van der Waals surface area contributed by atoms with Crippen LogP contribution < -0.4 is 4.74 Å². The van der Waals surface area contributed by atoms with Gasteiger partial charge in [0.25, 0.3) is 0 Å². The van der Waals surface area contributed by atoms with Crippen LogP contribution in [0.3, 0.4) is 0 Å². The molecule has 1 fully saturated rings. The van der Waals surface area contributed by atoms with E-state index in [2.05, 4.69) is 0 Å². The number of hydrogen-bond acceptors (Lipinski definition) is 2. The molecule has 100 valence electrons. The molecule has 0 bridgehead atoms. The molecule has 18 heavy (non-hydrogen) atoms. The third-order valence-corrected chi connectivity index (χ3v) is 3.71. The number of benzene rings is 1. The predicted octanol–water partition coefficient (Wildman–Crippen LogP) is 3.14. The Morgan fingerprint density at radius 1 is 1.17 bits per heavy atom. The maximum atomic E-state index is 13.2. The van der Waals surface area contributed by atoms with E-state index in [0.717, 1.165) is 5.56 Å². The average molecular weight is 260 g/mol. The molecule has 1 aromatic carbocycles. The van der Waals surface area contributed by atoms with Crippen LogP contribution in [0.1, 0.15) is 16.7 Å². The van der Waals surface area contributed by atoms with E-state index in [1.165, 1.54) is 13.2 Å². The number of alkyl halides is 3. The monoisotopic (exact) mass is 260 g/mol. The Kier molecular flexibility index (Phi) is 3.05. The number of rotatable bonds is 2. The highest BCUT2D eigenvalue weighted by Gasteiger charge is 2.61. The largest absolute Gasteiger partial charge is 0.496 e. The van der Waals surface area contributed by atoms with Crippen LogP contribution >= 0.6 is 0 Å². The van der Waals surface area contributed by atoms with Gasteiger partial charge in [-0.15, -0.1) is 0 Å².